The van der Waals surface area contributed by atoms with E-state index in [4.69, 9.17) is 4.74 Å². The fourth-order valence-corrected chi connectivity index (χ4v) is 2.45. The SMILES string of the molecule is CNC[C@@H]1C[C@]1(C(=O)O)c1ccc(OC)cc1. The Morgan fingerprint density at radius 1 is 1.53 bits per heavy atom. The number of methoxy groups -OCH3 is 1. The van der Waals surface area contributed by atoms with E-state index in [1.54, 1.807) is 7.11 Å². The summed E-state index contributed by atoms with van der Waals surface area (Å²) in [6.45, 7) is 0.734. The maximum atomic E-state index is 11.5. The molecule has 2 N–H and O–H groups in total. The van der Waals surface area contributed by atoms with Crippen LogP contribution in [0.4, 0.5) is 0 Å². The van der Waals surface area contributed by atoms with Crippen LogP contribution in [0.25, 0.3) is 0 Å². The van der Waals surface area contributed by atoms with Gasteiger partial charge in [0.05, 0.1) is 12.5 Å². The number of aliphatic carboxylic acids is 1. The van der Waals surface area contributed by atoms with Gasteiger partial charge in [0.2, 0.25) is 0 Å². The maximum absolute atomic E-state index is 11.5. The first kappa shape index (κ1) is 11.9. The van der Waals surface area contributed by atoms with E-state index in [0.29, 0.717) is 6.42 Å². The second-order valence-corrected chi connectivity index (χ2v) is 4.46. The van der Waals surface area contributed by atoms with E-state index in [1.807, 2.05) is 31.3 Å². The van der Waals surface area contributed by atoms with Crippen molar-refractivity contribution in [1.82, 2.24) is 5.32 Å². The third kappa shape index (κ3) is 1.89. The van der Waals surface area contributed by atoms with Gasteiger partial charge in [-0.05, 0) is 43.6 Å². The van der Waals surface area contributed by atoms with Crippen molar-refractivity contribution in [3.05, 3.63) is 29.8 Å². The van der Waals surface area contributed by atoms with Crippen LogP contribution in [0.5, 0.6) is 5.75 Å². The number of hydrogen-bond donors (Lipinski definition) is 2. The van der Waals surface area contributed by atoms with Gasteiger partial charge in [-0.2, -0.15) is 0 Å². The molecule has 4 nitrogen and oxygen atoms in total. The van der Waals surface area contributed by atoms with E-state index in [2.05, 4.69) is 5.32 Å². The van der Waals surface area contributed by atoms with Crippen molar-refractivity contribution in [2.24, 2.45) is 5.92 Å². The lowest BCUT2D eigenvalue weighted by Crippen LogP contribution is -2.26. The topological polar surface area (TPSA) is 58.6 Å². The van der Waals surface area contributed by atoms with Gasteiger partial charge in [0.1, 0.15) is 5.75 Å². The molecule has 0 radical (unpaired) electrons. The van der Waals surface area contributed by atoms with Crippen LogP contribution in [-0.2, 0) is 10.2 Å². The third-order valence-corrected chi connectivity index (χ3v) is 3.54. The molecule has 2 atom stereocenters. The highest BCUT2D eigenvalue weighted by Crippen LogP contribution is 2.54. The predicted molar refractivity (Wildman–Crippen MR) is 64.3 cm³/mol. The summed E-state index contributed by atoms with van der Waals surface area (Å²) in [5, 5.41) is 12.5. The normalized spacial score (nSPS) is 26.6. The quantitative estimate of drug-likeness (QED) is 0.806. The summed E-state index contributed by atoms with van der Waals surface area (Å²) in [5.74, 6) is 0.196. The first-order valence-corrected chi connectivity index (χ1v) is 5.67. The average molecular weight is 235 g/mol. The van der Waals surface area contributed by atoms with Crippen LogP contribution in [0, 0.1) is 5.92 Å². The van der Waals surface area contributed by atoms with Crippen molar-refractivity contribution < 1.29 is 14.6 Å². The van der Waals surface area contributed by atoms with Gasteiger partial charge in [-0.15, -0.1) is 0 Å². The number of ether oxygens (including phenoxy) is 1. The Labute approximate surface area is 101 Å². The first-order chi connectivity index (χ1) is 8.15. The van der Waals surface area contributed by atoms with Gasteiger partial charge in [-0.1, -0.05) is 12.1 Å². The van der Waals surface area contributed by atoms with Crippen molar-refractivity contribution >= 4 is 5.97 Å². The summed E-state index contributed by atoms with van der Waals surface area (Å²) < 4.78 is 5.08. The van der Waals surface area contributed by atoms with E-state index in [9.17, 15) is 9.90 Å². The lowest BCUT2D eigenvalue weighted by Gasteiger charge is -2.13. The van der Waals surface area contributed by atoms with Crippen LogP contribution in [0.1, 0.15) is 12.0 Å². The number of rotatable bonds is 5. The molecule has 1 saturated carbocycles. The predicted octanol–water partition coefficient (Wildman–Crippen LogP) is 1.26. The molecular weight excluding hydrogens is 218 g/mol. The summed E-state index contributed by atoms with van der Waals surface area (Å²) in [4.78, 5) is 11.5. The number of carboxylic acids is 1. The number of nitrogens with one attached hydrogen (secondary N) is 1. The third-order valence-electron chi connectivity index (χ3n) is 3.54. The zero-order valence-corrected chi connectivity index (χ0v) is 10.1. The van der Waals surface area contributed by atoms with Crippen molar-refractivity contribution in [2.75, 3.05) is 20.7 Å². The minimum absolute atomic E-state index is 0.179. The highest BCUT2D eigenvalue weighted by molar-refractivity contribution is 5.86. The molecule has 0 saturated heterocycles. The number of carboxylic acid groups (broad SMARTS) is 1. The molecular formula is C13H17NO3. The van der Waals surface area contributed by atoms with Gasteiger partial charge in [-0.3, -0.25) is 4.79 Å². The molecule has 0 heterocycles. The van der Waals surface area contributed by atoms with Crippen LogP contribution in [0.15, 0.2) is 24.3 Å². The van der Waals surface area contributed by atoms with Gasteiger partial charge in [0.25, 0.3) is 0 Å². The Balaban J connectivity index is 2.26. The maximum Gasteiger partial charge on any atom is 0.314 e. The van der Waals surface area contributed by atoms with E-state index in [-0.39, 0.29) is 5.92 Å². The second-order valence-electron chi connectivity index (χ2n) is 4.46. The largest absolute Gasteiger partial charge is 0.497 e. The van der Waals surface area contributed by atoms with Gasteiger partial charge in [-0.25, -0.2) is 0 Å². The minimum atomic E-state index is -0.733. The smallest absolute Gasteiger partial charge is 0.314 e. The molecule has 0 spiro atoms. The van der Waals surface area contributed by atoms with Crippen molar-refractivity contribution in [2.45, 2.75) is 11.8 Å². The lowest BCUT2D eigenvalue weighted by molar-refractivity contribution is -0.140. The first-order valence-electron chi connectivity index (χ1n) is 5.67. The monoisotopic (exact) mass is 235 g/mol. The Bertz CT molecular complexity index is 415. The van der Waals surface area contributed by atoms with Gasteiger partial charge >= 0.3 is 5.97 Å². The fraction of sp³-hybridized carbons (Fsp3) is 0.462. The standard InChI is InChI=1S/C13H17NO3/c1-14-8-10-7-13(10,12(15)16)9-3-5-11(17-2)6-4-9/h3-6,10,14H,7-8H2,1-2H3,(H,15,16)/t10-,13-/m0/s1. The van der Waals surface area contributed by atoms with E-state index in [0.717, 1.165) is 17.9 Å². The molecule has 17 heavy (non-hydrogen) atoms. The molecule has 1 aliphatic rings. The van der Waals surface area contributed by atoms with Crippen LogP contribution in [0.3, 0.4) is 0 Å². The second kappa shape index (κ2) is 4.37. The molecule has 2 rings (SSSR count). The number of hydrogen-bond acceptors (Lipinski definition) is 3. The van der Waals surface area contributed by atoms with Crippen LogP contribution < -0.4 is 10.1 Å². The zero-order chi connectivity index (χ0) is 12.5. The summed E-state index contributed by atoms with van der Waals surface area (Å²) in [6.07, 6.45) is 0.704. The van der Waals surface area contributed by atoms with Crippen LogP contribution >= 0.6 is 0 Å². The van der Waals surface area contributed by atoms with Gasteiger partial charge < -0.3 is 15.2 Å². The molecule has 0 unspecified atom stereocenters. The Hall–Kier alpha value is -1.55. The molecule has 1 aromatic carbocycles. The Kier molecular flexibility index (Phi) is 3.07. The molecule has 0 bridgehead atoms. The van der Waals surface area contributed by atoms with E-state index in [1.165, 1.54) is 0 Å². The summed E-state index contributed by atoms with van der Waals surface area (Å²) in [5.41, 5.74) is 0.168. The molecule has 0 amide bonds. The molecule has 1 aliphatic carbocycles. The molecule has 1 aromatic rings. The number of carbonyl (C=O) groups is 1. The van der Waals surface area contributed by atoms with Crippen molar-refractivity contribution in [3.8, 4) is 5.75 Å². The van der Waals surface area contributed by atoms with Crippen LogP contribution in [0.2, 0.25) is 0 Å². The lowest BCUT2D eigenvalue weighted by atomic mass is 9.93. The molecule has 1 fully saturated rings. The van der Waals surface area contributed by atoms with Crippen LogP contribution in [-0.4, -0.2) is 31.8 Å². The minimum Gasteiger partial charge on any atom is -0.497 e. The van der Waals surface area contributed by atoms with Gasteiger partial charge in [0, 0.05) is 0 Å². The Morgan fingerprint density at radius 2 is 2.18 bits per heavy atom. The fourth-order valence-electron chi connectivity index (χ4n) is 2.45. The summed E-state index contributed by atoms with van der Waals surface area (Å²) >= 11 is 0. The average Bonchev–Trinajstić information content (AvgIpc) is 3.05. The molecule has 4 heteroatoms. The highest BCUT2D eigenvalue weighted by atomic mass is 16.5. The van der Waals surface area contributed by atoms with Crippen molar-refractivity contribution in [1.29, 1.82) is 0 Å². The molecule has 0 aliphatic heterocycles. The molecule has 92 valence electrons. The Morgan fingerprint density at radius 3 is 2.65 bits per heavy atom. The van der Waals surface area contributed by atoms with Crippen molar-refractivity contribution in [3.63, 3.8) is 0 Å². The van der Waals surface area contributed by atoms with Gasteiger partial charge in [0.15, 0.2) is 0 Å². The zero-order valence-electron chi connectivity index (χ0n) is 10.1. The van der Waals surface area contributed by atoms with E-state index >= 15 is 0 Å². The highest BCUT2D eigenvalue weighted by Gasteiger charge is 2.60. The molecule has 0 aromatic heterocycles. The summed E-state index contributed by atoms with van der Waals surface area (Å²) in [7, 11) is 3.45. The number of benzene rings is 1. The van der Waals surface area contributed by atoms with E-state index < -0.39 is 11.4 Å². The summed E-state index contributed by atoms with van der Waals surface area (Å²) in [6, 6.07) is 7.33.